The third-order valence-electron chi connectivity index (χ3n) is 5.35. The van der Waals surface area contributed by atoms with Crippen molar-refractivity contribution in [3.8, 4) is 11.5 Å². The number of guanidine groups is 1. The highest BCUT2D eigenvalue weighted by Gasteiger charge is 2.21. The highest BCUT2D eigenvalue weighted by atomic mass is 19.1. The van der Waals surface area contributed by atoms with Crippen LogP contribution in [0.2, 0.25) is 0 Å². The molecule has 0 saturated carbocycles. The third-order valence-corrected chi connectivity index (χ3v) is 5.35. The molecule has 3 N–H and O–H groups in total. The average molecular weight is 444 g/mol. The first-order valence-electron chi connectivity index (χ1n) is 10.5. The van der Waals surface area contributed by atoms with Crippen molar-refractivity contribution in [2.45, 2.75) is 13.0 Å². The molecule has 0 atom stereocenters. The summed E-state index contributed by atoms with van der Waals surface area (Å²) in [7, 11) is 3.17. The van der Waals surface area contributed by atoms with Crippen LogP contribution in [0.15, 0.2) is 47.5 Å². The van der Waals surface area contributed by atoms with Crippen molar-refractivity contribution >= 4 is 17.6 Å². The highest BCUT2D eigenvalue weighted by Crippen LogP contribution is 2.27. The molecule has 0 bridgehead atoms. The fraction of sp³-hybridized carbons (Fsp3) is 0.391. The molecule has 1 amide bonds. The topological polar surface area (TPSA) is 92.4 Å². The van der Waals surface area contributed by atoms with Crippen LogP contribution in [-0.2, 0) is 11.3 Å². The standard InChI is InChI=1S/C23H30FN5O3/c1-31-20-8-3-17(15-21(20)32-2)16-27-23(25)26-10-9-22(30)29-13-11-28(12-14-29)19-6-4-18(24)5-7-19/h3-8,15H,9-14,16H2,1-2H3,(H3,25,26,27). The molecule has 32 heavy (non-hydrogen) atoms. The molecule has 1 heterocycles. The molecule has 0 spiro atoms. The lowest BCUT2D eigenvalue weighted by atomic mass is 10.2. The van der Waals surface area contributed by atoms with Gasteiger partial charge in [0.1, 0.15) is 5.82 Å². The zero-order valence-electron chi connectivity index (χ0n) is 18.5. The van der Waals surface area contributed by atoms with Gasteiger partial charge in [-0.15, -0.1) is 0 Å². The number of hydrogen-bond donors (Lipinski definition) is 2. The zero-order chi connectivity index (χ0) is 22.9. The number of halogens is 1. The van der Waals surface area contributed by atoms with Crippen molar-refractivity contribution in [2.75, 3.05) is 51.8 Å². The van der Waals surface area contributed by atoms with Crippen LogP contribution in [0.25, 0.3) is 0 Å². The molecule has 1 fully saturated rings. The van der Waals surface area contributed by atoms with Crippen LogP contribution < -0.4 is 25.4 Å². The van der Waals surface area contributed by atoms with Crippen molar-refractivity contribution in [2.24, 2.45) is 10.7 Å². The van der Waals surface area contributed by atoms with Crippen LogP contribution in [-0.4, -0.2) is 63.7 Å². The number of amides is 1. The number of nitrogens with two attached hydrogens (primary N) is 1. The highest BCUT2D eigenvalue weighted by molar-refractivity contribution is 5.80. The quantitative estimate of drug-likeness (QED) is 0.479. The van der Waals surface area contributed by atoms with Crippen LogP contribution in [0.5, 0.6) is 11.5 Å². The second kappa shape index (κ2) is 11.2. The van der Waals surface area contributed by atoms with E-state index in [1.165, 1.54) is 12.1 Å². The van der Waals surface area contributed by atoms with Gasteiger partial charge in [0.15, 0.2) is 17.5 Å². The van der Waals surface area contributed by atoms with Crippen LogP contribution in [0, 0.1) is 5.82 Å². The number of nitrogens with zero attached hydrogens (tertiary/aromatic N) is 3. The van der Waals surface area contributed by atoms with E-state index in [-0.39, 0.29) is 17.7 Å². The van der Waals surface area contributed by atoms with Crippen molar-refractivity contribution in [3.05, 3.63) is 53.8 Å². The van der Waals surface area contributed by atoms with Gasteiger partial charge < -0.3 is 30.3 Å². The number of ether oxygens (including phenoxy) is 2. The van der Waals surface area contributed by atoms with Gasteiger partial charge in [0.25, 0.3) is 0 Å². The van der Waals surface area contributed by atoms with Gasteiger partial charge in [-0.25, -0.2) is 9.38 Å². The summed E-state index contributed by atoms with van der Waals surface area (Å²) in [5.74, 6) is 1.40. The minimum absolute atomic E-state index is 0.0731. The molecular formula is C23H30FN5O3. The monoisotopic (exact) mass is 443 g/mol. The van der Waals surface area contributed by atoms with Gasteiger partial charge >= 0.3 is 0 Å². The van der Waals surface area contributed by atoms with E-state index in [0.717, 1.165) is 24.3 Å². The average Bonchev–Trinajstić information content (AvgIpc) is 2.83. The second-order valence-electron chi connectivity index (χ2n) is 7.41. The molecule has 1 aliphatic rings. The van der Waals surface area contributed by atoms with E-state index in [4.69, 9.17) is 15.2 Å². The minimum atomic E-state index is -0.249. The number of piperazine rings is 1. The van der Waals surface area contributed by atoms with E-state index in [2.05, 4.69) is 15.2 Å². The van der Waals surface area contributed by atoms with E-state index in [9.17, 15) is 9.18 Å². The van der Waals surface area contributed by atoms with Crippen molar-refractivity contribution in [3.63, 3.8) is 0 Å². The number of anilines is 1. The Morgan fingerprint density at radius 1 is 1.06 bits per heavy atom. The molecule has 0 aliphatic carbocycles. The van der Waals surface area contributed by atoms with Gasteiger partial charge in [-0.1, -0.05) is 6.07 Å². The molecule has 0 aromatic heterocycles. The van der Waals surface area contributed by atoms with Crippen molar-refractivity contribution in [1.29, 1.82) is 0 Å². The summed E-state index contributed by atoms with van der Waals surface area (Å²) in [6.07, 6.45) is 0.336. The molecule has 8 nitrogen and oxygen atoms in total. The molecule has 0 radical (unpaired) electrons. The lowest BCUT2D eigenvalue weighted by Crippen LogP contribution is -2.49. The maximum atomic E-state index is 13.1. The van der Waals surface area contributed by atoms with Gasteiger partial charge in [-0.3, -0.25) is 4.79 Å². The number of rotatable bonds is 8. The van der Waals surface area contributed by atoms with Gasteiger partial charge in [0, 0.05) is 44.8 Å². The number of aliphatic imine (C=N–C) groups is 1. The molecule has 9 heteroatoms. The summed E-state index contributed by atoms with van der Waals surface area (Å²) in [6, 6.07) is 12.0. The Labute approximate surface area is 187 Å². The number of carbonyl (C=O) groups excluding carboxylic acids is 1. The molecular weight excluding hydrogens is 413 g/mol. The number of carbonyl (C=O) groups is 1. The second-order valence-corrected chi connectivity index (χ2v) is 7.41. The normalized spacial score (nSPS) is 14.3. The van der Waals surface area contributed by atoms with E-state index in [1.54, 1.807) is 26.4 Å². The van der Waals surface area contributed by atoms with Crippen LogP contribution >= 0.6 is 0 Å². The number of hydrogen-bond acceptors (Lipinski definition) is 5. The Hall–Kier alpha value is -3.49. The maximum Gasteiger partial charge on any atom is 0.224 e. The molecule has 3 rings (SSSR count). The Kier molecular flexibility index (Phi) is 8.13. The van der Waals surface area contributed by atoms with Crippen LogP contribution in [0.1, 0.15) is 12.0 Å². The third kappa shape index (κ3) is 6.26. The fourth-order valence-corrected chi connectivity index (χ4v) is 3.53. The van der Waals surface area contributed by atoms with Gasteiger partial charge in [-0.05, 0) is 42.0 Å². The summed E-state index contributed by atoms with van der Waals surface area (Å²) >= 11 is 0. The van der Waals surface area contributed by atoms with E-state index in [1.807, 2.05) is 23.1 Å². The van der Waals surface area contributed by atoms with Gasteiger partial charge in [0.05, 0.1) is 20.8 Å². The van der Waals surface area contributed by atoms with Crippen LogP contribution in [0.4, 0.5) is 10.1 Å². The summed E-state index contributed by atoms with van der Waals surface area (Å²) in [5.41, 5.74) is 7.83. The summed E-state index contributed by atoms with van der Waals surface area (Å²) < 4.78 is 23.6. The first-order chi connectivity index (χ1) is 15.5. The maximum absolute atomic E-state index is 13.1. The Bertz CT molecular complexity index is 928. The molecule has 2 aromatic rings. The Morgan fingerprint density at radius 3 is 2.41 bits per heavy atom. The SMILES string of the molecule is COc1ccc(CN=C(N)NCCC(=O)N2CCN(c3ccc(F)cc3)CC2)cc1OC. The van der Waals surface area contributed by atoms with E-state index >= 15 is 0 Å². The van der Waals surface area contributed by atoms with Gasteiger partial charge in [0.2, 0.25) is 5.91 Å². The van der Waals surface area contributed by atoms with Crippen molar-refractivity contribution in [1.82, 2.24) is 10.2 Å². The lowest BCUT2D eigenvalue weighted by molar-refractivity contribution is -0.131. The lowest BCUT2D eigenvalue weighted by Gasteiger charge is -2.36. The summed E-state index contributed by atoms with van der Waals surface area (Å²) in [5, 5.41) is 2.99. The number of methoxy groups -OCH3 is 2. The Morgan fingerprint density at radius 2 is 1.75 bits per heavy atom. The predicted octanol–water partition coefficient (Wildman–Crippen LogP) is 1.99. The van der Waals surface area contributed by atoms with E-state index < -0.39 is 0 Å². The first kappa shape index (κ1) is 23.2. The Balaban J connectivity index is 1.39. The summed E-state index contributed by atoms with van der Waals surface area (Å²) in [4.78, 5) is 20.8. The minimum Gasteiger partial charge on any atom is -0.493 e. The van der Waals surface area contributed by atoms with E-state index in [0.29, 0.717) is 44.1 Å². The number of benzene rings is 2. The first-order valence-corrected chi connectivity index (χ1v) is 10.5. The predicted molar refractivity (Wildman–Crippen MR) is 123 cm³/mol. The van der Waals surface area contributed by atoms with Crippen LogP contribution in [0.3, 0.4) is 0 Å². The summed E-state index contributed by atoms with van der Waals surface area (Å²) in [6.45, 7) is 3.52. The molecule has 1 aliphatic heterocycles. The fourth-order valence-electron chi connectivity index (χ4n) is 3.53. The molecule has 2 aromatic carbocycles. The van der Waals surface area contributed by atoms with Gasteiger partial charge in [-0.2, -0.15) is 0 Å². The molecule has 172 valence electrons. The molecule has 0 unspecified atom stereocenters. The zero-order valence-corrected chi connectivity index (χ0v) is 18.5. The number of nitrogens with one attached hydrogen (secondary N) is 1. The van der Waals surface area contributed by atoms with Crippen molar-refractivity contribution < 1.29 is 18.7 Å². The molecule has 1 saturated heterocycles. The largest absolute Gasteiger partial charge is 0.493 e. The smallest absolute Gasteiger partial charge is 0.224 e.